The number of carbonyl (C=O) groups excluding carboxylic acids is 2. The number of benzene rings is 2. The Morgan fingerprint density at radius 1 is 1.04 bits per heavy atom. The highest BCUT2D eigenvalue weighted by Gasteiger charge is 2.36. The zero-order chi connectivity index (χ0) is 32.4. The third-order valence-corrected chi connectivity index (χ3v) is 9.25. The molecule has 6 rings (SSSR count). The van der Waals surface area contributed by atoms with Crippen molar-refractivity contribution in [1.29, 1.82) is 0 Å². The summed E-state index contributed by atoms with van der Waals surface area (Å²) in [5.41, 5.74) is 3.75. The first-order valence-electron chi connectivity index (χ1n) is 16.0. The van der Waals surface area contributed by atoms with Crippen molar-refractivity contribution in [3.8, 4) is 11.5 Å². The Bertz CT molecular complexity index is 1580. The van der Waals surface area contributed by atoms with Gasteiger partial charge in [0.1, 0.15) is 18.5 Å². The van der Waals surface area contributed by atoms with E-state index in [4.69, 9.17) is 14.2 Å². The van der Waals surface area contributed by atoms with Crippen LogP contribution in [0.25, 0.3) is 0 Å². The lowest BCUT2D eigenvalue weighted by molar-refractivity contribution is -0.615. The molecule has 2 aromatic carbocycles. The van der Waals surface area contributed by atoms with Gasteiger partial charge < -0.3 is 24.3 Å². The van der Waals surface area contributed by atoms with Crippen LogP contribution in [0.3, 0.4) is 0 Å². The number of para-hydroxylation sites is 1. The minimum absolute atomic E-state index is 0.0605. The van der Waals surface area contributed by atoms with Gasteiger partial charge in [0.05, 0.1) is 18.4 Å². The Kier molecular flexibility index (Phi) is 9.30. The minimum Gasteiger partial charge on any atom is -0.618 e. The average molecular weight is 633 g/mol. The normalized spacial score (nSPS) is 18.0. The number of fused-ring (bicyclic) bond motifs is 1. The van der Waals surface area contributed by atoms with Gasteiger partial charge in [0.25, 0.3) is 5.91 Å². The number of likely N-dealkylation sites (tertiary alicyclic amines) is 2. The lowest BCUT2D eigenvalue weighted by Crippen LogP contribution is -2.50. The topological polar surface area (TPSA) is 98.5 Å². The van der Waals surface area contributed by atoms with E-state index in [0.29, 0.717) is 45.3 Å². The molecule has 0 bridgehead atoms. The number of anilines is 1. The smallest absolute Gasteiger partial charge is 0.414 e. The lowest BCUT2D eigenvalue weighted by atomic mass is 10.00. The number of nitrogens with zero attached hydrogens (tertiary/aromatic N) is 4. The summed E-state index contributed by atoms with van der Waals surface area (Å²) in [6.07, 6.45) is 3.52. The molecule has 2 fully saturated rings. The van der Waals surface area contributed by atoms with E-state index >= 15 is 4.39 Å². The molecule has 244 valence electrons. The fourth-order valence-electron chi connectivity index (χ4n) is 6.89. The van der Waals surface area contributed by atoms with Crippen LogP contribution in [-0.4, -0.2) is 67.2 Å². The van der Waals surface area contributed by atoms with E-state index in [9.17, 15) is 14.8 Å². The van der Waals surface area contributed by atoms with E-state index in [1.165, 1.54) is 25.4 Å². The molecule has 46 heavy (non-hydrogen) atoms. The van der Waals surface area contributed by atoms with Gasteiger partial charge in [-0.05, 0) is 43.9 Å². The SMILES string of the molecule is COc1cc(OC2CCN(Cc3ccc[n+]([O-])c3C(C)C)CC2)c(F)cc1C(=O)N1CCC(N2C(=O)OCc3ccccc32)CC1. The third kappa shape index (κ3) is 6.46. The van der Waals surface area contributed by atoms with Gasteiger partial charge in [-0.3, -0.25) is 14.6 Å². The van der Waals surface area contributed by atoms with Crippen LogP contribution in [-0.2, 0) is 17.9 Å². The number of halogens is 1. The molecule has 0 spiro atoms. The predicted molar refractivity (Wildman–Crippen MR) is 169 cm³/mol. The minimum atomic E-state index is -0.611. The number of aromatic nitrogens is 1. The lowest BCUT2D eigenvalue weighted by Gasteiger charge is -2.40. The highest BCUT2D eigenvalue weighted by atomic mass is 19.1. The van der Waals surface area contributed by atoms with Gasteiger partial charge in [0, 0.05) is 67.9 Å². The van der Waals surface area contributed by atoms with Crippen LogP contribution in [0.1, 0.15) is 72.6 Å². The molecule has 3 aliphatic heterocycles. The van der Waals surface area contributed by atoms with Gasteiger partial charge in [-0.15, -0.1) is 0 Å². The molecule has 0 saturated carbocycles. The number of amides is 2. The largest absolute Gasteiger partial charge is 0.618 e. The van der Waals surface area contributed by atoms with Crippen molar-refractivity contribution in [1.82, 2.24) is 9.80 Å². The number of cyclic esters (lactones) is 1. The van der Waals surface area contributed by atoms with Gasteiger partial charge in [0.2, 0.25) is 0 Å². The second kappa shape index (κ2) is 13.5. The molecule has 2 saturated heterocycles. The predicted octanol–water partition coefficient (Wildman–Crippen LogP) is 5.40. The molecule has 0 atom stereocenters. The molecular formula is C35H41FN4O6. The molecule has 3 aromatic rings. The molecule has 0 radical (unpaired) electrons. The van der Waals surface area contributed by atoms with Crippen LogP contribution >= 0.6 is 0 Å². The zero-order valence-corrected chi connectivity index (χ0v) is 26.6. The van der Waals surface area contributed by atoms with Crippen molar-refractivity contribution in [3.63, 3.8) is 0 Å². The van der Waals surface area contributed by atoms with Crippen LogP contribution < -0.4 is 19.1 Å². The van der Waals surface area contributed by atoms with Crippen molar-refractivity contribution in [3.05, 3.63) is 88.1 Å². The zero-order valence-electron chi connectivity index (χ0n) is 26.6. The number of carbonyl (C=O) groups is 2. The van der Waals surface area contributed by atoms with Crippen LogP contribution in [0.15, 0.2) is 54.7 Å². The number of pyridine rings is 1. The summed E-state index contributed by atoms with van der Waals surface area (Å²) in [5.74, 6) is -0.499. The highest BCUT2D eigenvalue weighted by Crippen LogP contribution is 2.34. The Labute approximate surface area is 268 Å². The molecule has 2 amide bonds. The van der Waals surface area contributed by atoms with Crippen molar-refractivity contribution >= 4 is 17.7 Å². The first-order valence-corrected chi connectivity index (χ1v) is 16.0. The van der Waals surface area contributed by atoms with E-state index in [1.807, 2.05) is 44.2 Å². The summed E-state index contributed by atoms with van der Waals surface area (Å²) in [6.45, 7) is 7.29. The second-order valence-corrected chi connectivity index (χ2v) is 12.6. The van der Waals surface area contributed by atoms with E-state index in [1.54, 1.807) is 15.9 Å². The van der Waals surface area contributed by atoms with Gasteiger partial charge in [-0.1, -0.05) is 32.0 Å². The Morgan fingerprint density at radius 2 is 1.78 bits per heavy atom. The highest BCUT2D eigenvalue weighted by molar-refractivity contribution is 5.97. The standard InChI is InChI=1S/C35H41FN4O6/c1-23(2)33-24(8-6-14-39(33)43)21-37-15-12-27(13-16-37)46-32-20-31(44-3)28(19-29(32)36)34(41)38-17-10-26(11-18-38)40-30-9-5-4-7-25(30)22-45-35(40)42/h4-9,14,19-20,23,26-27H,10-13,15-18,21-22H2,1-3H3. The second-order valence-electron chi connectivity index (χ2n) is 12.6. The number of hydrogen-bond donors (Lipinski definition) is 0. The third-order valence-electron chi connectivity index (χ3n) is 9.25. The van der Waals surface area contributed by atoms with E-state index in [-0.39, 0.29) is 53.7 Å². The van der Waals surface area contributed by atoms with Gasteiger partial charge >= 0.3 is 6.09 Å². The summed E-state index contributed by atoms with van der Waals surface area (Å²) in [6, 6.07) is 14.0. The van der Waals surface area contributed by atoms with Crippen LogP contribution in [0.5, 0.6) is 11.5 Å². The summed E-state index contributed by atoms with van der Waals surface area (Å²) < 4.78 is 33.4. The average Bonchev–Trinajstić information content (AvgIpc) is 3.06. The monoisotopic (exact) mass is 632 g/mol. The Morgan fingerprint density at radius 3 is 2.50 bits per heavy atom. The maximum atomic E-state index is 15.4. The number of rotatable bonds is 8. The number of hydrogen-bond acceptors (Lipinski definition) is 7. The fraction of sp³-hybridized carbons (Fsp3) is 0.457. The molecule has 0 N–H and O–H groups in total. The van der Waals surface area contributed by atoms with Crippen molar-refractivity contribution in [2.75, 3.05) is 38.2 Å². The van der Waals surface area contributed by atoms with Gasteiger partial charge in [-0.2, -0.15) is 4.73 Å². The molecular weight excluding hydrogens is 591 g/mol. The maximum Gasteiger partial charge on any atom is 0.414 e. The first-order chi connectivity index (χ1) is 22.2. The van der Waals surface area contributed by atoms with Gasteiger partial charge in [0.15, 0.2) is 23.5 Å². The molecule has 0 unspecified atom stereocenters. The molecule has 3 aliphatic rings. The van der Waals surface area contributed by atoms with Crippen LogP contribution in [0.2, 0.25) is 0 Å². The number of methoxy groups -OCH3 is 1. The summed E-state index contributed by atoms with van der Waals surface area (Å²) >= 11 is 0. The number of ether oxygens (including phenoxy) is 3. The Hall–Kier alpha value is -4.38. The summed E-state index contributed by atoms with van der Waals surface area (Å²) in [7, 11) is 1.46. The van der Waals surface area contributed by atoms with E-state index in [2.05, 4.69) is 4.90 Å². The molecule has 11 heteroatoms. The van der Waals surface area contributed by atoms with Crippen molar-refractivity contribution in [2.24, 2.45) is 0 Å². The first kappa shape index (κ1) is 31.6. The Balaban J connectivity index is 1.06. The van der Waals surface area contributed by atoms with Crippen molar-refractivity contribution < 1.29 is 32.9 Å². The summed E-state index contributed by atoms with van der Waals surface area (Å²) in [5, 5.41) is 12.3. The maximum absolute atomic E-state index is 15.4. The summed E-state index contributed by atoms with van der Waals surface area (Å²) in [4.78, 5) is 31.9. The quantitative estimate of drug-likeness (QED) is 0.243. The fourth-order valence-corrected chi connectivity index (χ4v) is 6.89. The number of piperidine rings is 2. The molecule has 0 aliphatic carbocycles. The van der Waals surface area contributed by atoms with E-state index in [0.717, 1.165) is 40.3 Å². The van der Waals surface area contributed by atoms with Crippen LogP contribution in [0.4, 0.5) is 14.9 Å². The van der Waals surface area contributed by atoms with Crippen LogP contribution in [0, 0.1) is 11.0 Å². The molecule has 1 aromatic heterocycles. The molecule has 4 heterocycles. The molecule has 10 nitrogen and oxygen atoms in total. The van der Waals surface area contributed by atoms with E-state index < -0.39 is 5.82 Å². The van der Waals surface area contributed by atoms with Gasteiger partial charge in [-0.25, -0.2) is 9.18 Å². The van der Waals surface area contributed by atoms with Crippen molar-refractivity contribution in [2.45, 2.75) is 70.7 Å².